The van der Waals surface area contributed by atoms with E-state index in [2.05, 4.69) is 45.1 Å². The Balaban J connectivity index is 2.51. The zero-order valence-electron chi connectivity index (χ0n) is 10.6. The van der Waals surface area contributed by atoms with Gasteiger partial charge in [-0.1, -0.05) is 37.6 Å². The lowest BCUT2D eigenvalue weighted by molar-refractivity contribution is 0.407. The van der Waals surface area contributed by atoms with Crippen molar-refractivity contribution < 1.29 is 0 Å². The molecule has 0 spiro atoms. The normalized spacial score (nSPS) is 15.1. The highest BCUT2D eigenvalue weighted by atomic mass is 35.5. The van der Waals surface area contributed by atoms with E-state index in [-0.39, 0.29) is 0 Å². The number of benzene rings is 1. The van der Waals surface area contributed by atoms with Gasteiger partial charge in [-0.2, -0.15) is 0 Å². The van der Waals surface area contributed by atoms with Gasteiger partial charge in [-0.3, -0.25) is 0 Å². The summed E-state index contributed by atoms with van der Waals surface area (Å²) in [7, 11) is 0. The maximum atomic E-state index is 5.87. The standard InChI is InChI=1S/C14H22ClN/c1-10(2)9-11(3)16-12(4)13-5-7-14(15)8-6-13/h5-8,10-12,16H,9H2,1-4H3/t11?,12-/m0/s1. The van der Waals surface area contributed by atoms with E-state index >= 15 is 0 Å². The predicted molar refractivity (Wildman–Crippen MR) is 71.9 cm³/mol. The van der Waals surface area contributed by atoms with Crippen LogP contribution in [-0.2, 0) is 0 Å². The summed E-state index contributed by atoms with van der Waals surface area (Å²) in [5.41, 5.74) is 1.29. The van der Waals surface area contributed by atoms with Crippen molar-refractivity contribution in [3.05, 3.63) is 34.9 Å². The van der Waals surface area contributed by atoms with Gasteiger partial charge in [0.2, 0.25) is 0 Å². The minimum Gasteiger partial charge on any atom is -0.308 e. The first-order valence-electron chi connectivity index (χ1n) is 6.00. The highest BCUT2D eigenvalue weighted by molar-refractivity contribution is 6.30. The van der Waals surface area contributed by atoms with Crippen LogP contribution in [0.3, 0.4) is 0 Å². The Morgan fingerprint density at radius 1 is 1.06 bits per heavy atom. The fraction of sp³-hybridized carbons (Fsp3) is 0.571. The van der Waals surface area contributed by atoms with Crippen molar-refractivity contribution in [3.63, 3.8) is 0 Å². The van der Waals surface area contributed by atoms with E-state index in [1.54, 1.807) is 0 Å². The lowest BCUT2D eigenvalue weighted by Gasteiger charge is -2.21. The van der Waals surface area contributed by atoms with E-state index in [0.717, 1.165) is 10.9 Å². The fourth-order valence-electron chi connectivity index (χ4n) is 2.05. The molecule has 90 valence electrons. The van der Waals surface area contributed by atoms with Gasteiger partial charge in [0.15, 0.2) is 0 Å². The SMILES string of the molecule is CC(C)CC(C)N[C@@H](C)c1ccc(Cl)cc1. The van der Waals surface area contributed by atoms with Gasteiger partial charge in [-0.05, 0) is 43.9 Å². The van der Waals surface area contributed by atoms with Crippen LogP contribution in [0.2, 0.25) is 5.02 Å². The molecule has 0 saturated carbocycles. The summed E-state index contributed by atoms with van der Waals surface area (Å²) in [4.78, 5) is 0. The number of nitrogens with one attached hydrogen (secondary N) is 1. The molecule has 0 amide bonds. The zero-order valence-corrected chi connectivity index (χ0v) is 11.4. The monoisotopic (exact) mass is 239 g/mol. The molecule has 1 unspecified atom stereocenters. The predicted octanol–water partition coefficient (Wildman–Crippen LogP) is 4.43. The summed E-state index contributed by atoms with van der Waals surface area (Å²) in [5.74, 6) is 0.736. The molecule has 1 nitrogen and oxygen atoms in total. The van der Waals surface area contributed by atoms with E-state index < -0.39 is 0 Å². The second kappa shape index (κ2) is 6.27. The Bertz CT molecular complexity index is 305. The number of hydrogen-bond acceptors (Lipinski definition) is 1. The van der Waals surface area contributed by atoms with E-state index in [1.165, 1.54) is 12.0 Å². The van der Waals surface area contributed by atoms with Crippen LogP contribution in [0.25, 0.3) is 0 Å². The molecule has 0 bridgehead atoms. The Hall–Kier alpha value is -0.530. The van der Waals surface area contributed by atoms with Crippen LogP contribution in [0.15, 0.2) is 24.3 Å². The second-order valence-corrected chi connectivity index (χ2v) is 5.41. The third kappa shape index (κ3) is 4.54. The van der Waals surface area contributed by atoms with Crippen molar-refractivity contribution in [1.82, 2.24) is 5.32 Å². The molecule has 1 rings (SSSR count). The molecule has 0 fully saturated rings. The van der Waals surface area contributed by atoms with Crippen LogP contribution in [0.1, 0.15) is 45.7 Å². The molecular formula is C14H22ClN. The Labute approximate surface area is 104 Å². The van der Waals surface area contributed by atoms with Gasteiger partial charge in [0, 0.05) is 17.1 Å². The van der Waals surface area contributed by atoms with Crippen molar-refractivity contribution in [2.45, 2.75) is 46.2 Å². The van der Waals surface area contributed by atoms with Gasteiger partial charge in [-0.15, -0.1) is 0 Å². The molecule has 0 aliphatic heterocycles. The molecule has 1 aromatic carbocycles. The molecule has 2 atom stereocenters. The third-order valence-electron chi connectivity index (χ3n) is 2.73. The van der Waals surface area contributed by atoms with E-state index in [9.17, 15) is 0 Å². The molecule has 1 aromatic rings. The maximum absolute atomic E-state index is 5.87. The molecule has 0 saturated heterocycles. The van der Waals surface area contributed by atoms with Crippen molar-refractivity contribution >= 4 is 11.6 Å². The van der Waals surface area contributed by atoms with Crippen LogP contribution in [0, 0.1) is 5.92 Å². The zero-order chi connectivity index (χ0) is 12.1. The van der Waals surface area contributed by atoms with Crippen LogP contribution in [0.5, 0.6) is 0 Å². The molecule has 0 aromatic heterocycles. The molecule has 0 aliphatic carbocycles. The van der Waals surface area contributed by atoms with Crippen molar-refractivity contribution in [2.24, 2.45) is 5.92 Å². The minimum atomic E-state index is 0.381. The third-order valence-corrected chi connectivity index (χ3v) is 2.98. The van der Waals surface area contributed by atoms with Gasteiger partial charge in [-0.25, -0.2) is 0 Å². The average Bonchev–Trinajstić information content (AvgIpc) is 2.16. The van der Waals surface area contributed by atoms with Crippen LogP contribution in [0.4, 0.5) is 0 Å². The highest BCUT2D eigenvalue weighted by Crippen LogP contribution is 2.17. The summed E-state index contributed by atoms with van der Waals surface area (Å²) in [6.07, 6.45) is 1.21. The Morgan fingerprint density at radius 3 is 2.12 bits per heavy atom. The minimum absolute atomic E-state index is 0.381. The smallest absolute Gasteiger partial charge is 0.0406 e. The average molecular weight is 240 g/mol. The first-order chi connectivity index (χ1) is 7.49. The molecule has 0 radical (unpaired) electrons. The van der Waals surface area contributed by atoms with Crippen molar-refractivity contribution in [1.29, 1.82) is 0 Å². The van der Waals surface area contributed by atoms with E-state index in [4.69, 9.17) is 11.6 Å². The van der Waals surface area contributed by atoms with Gasteiger partial charge in [0.25, 0.3) is 0 Å². The Kier molecular flexibility index (Phi) is 5.30. The van der Waals surface area contributed by atoms with Gasteiger partial charge < -0.3 is 5.32 Å². The van der Waals surface area contributed by atoms with Gasteiger partial charge >= 0.3 is 0 Å². The summed E-state index contributed by atoms with van der Waals surface area (Å²) >= 11 is 5.87. The summed E-state index contributed by atoms with van der Waals surface area (Å²) in [6, 6.07) is 8.99. The first-order valence-corrected chi connectivity index (χ1v) is 6.38. The molecule has 2 heteroatoms. The van der Waals surface area contributed by atoms with Crippen molar-refractivity contribution in [2.75, 3.05) is 0 Å². The molecule has 16 heavy (non-hydrogen) atoms. The topological polar surface area (TPSA) is 12.0 Å². The molecule has 0 heterocycles. The van der Waals surface area contributed by atoms with Gasteiger partial charge in [0.1, 0.15) is 0 Å². The van der Waals surface area contributed by atoms with Crippen LogP contribution in [-0.4, -0.2) is 6.04 Å². The highest BCUT2D eigenvalue weighted by Gasteiger charge is 2.10. The summed E-state index contributed by atoms with van der Waals surface area (Å²) in [6.45, 7) is 8.95. The maximum Gasteiger partial charge on any atom is 0.0406 e. The van der Waals surface area contributed by atoms with Crippen LogP contribution >= 0.6 is 11.6 Å². The fourth-order valence-corrected chi connectivity index (χ4v) is 2.18. The lowest BCUT2D eigenvalue weighted by atomic mass is 10.0. The van der Waals surface area contributed by atoms with Gasteiger partial charge in [0.05, 0.1) is 0 Å². The quantitative estimate of drug-likeness (QED) is 0.802. The van der Waals surface area contributed by atoms with E-state index in [1.807, 2.05) is 12.1 Å². The lowest BCUT2D eigenvalue weighted by Crippen LogP contribution is -2.30. The first kappa shape index (κ1) is 13.5. The largest absolute Gasteiger partial charge is 0.308 e. The van der Waals surface area contributed by atoms with Crippen LogP contribution < -0.4 is 5.32 Å². The number of hydrogen-bond donors (Lipinski definition) is 1. The molecule has 1 N–H and O–H groups in total. The number of halogens is 1. The summed E-state index contributed by atoms with van der Waals surface area (Å²) in [5, 5.41) is 4.40. The van der Waals surface area contributed by atoms with E-state index in [0.29, 0.717) is 12.1 Å². The molecule has 0 aliphatic rings. The number of rotatable bonds is 5. The Morgan fingerprint density at radius 2 is 1.62 bits per heavy atom. The van der Waals surface area contributed by atoms with Crippen molar-refractivity contribution in [3.8, 4) is 0 Å². The summed E-state index contributed by atoms with van der Waals surface area (Å²) < 4.78 is 0. The molecular weight excluding hydrogens is 218 g/mol. The second-order valence-electron chi connectivity index (χ2n) is 4.97.